The molecule has 0 heterocycles. The molecule has 236 valence electrons. The van der Waals surface area contributed by atoms with Crippen molar-refractivity contribution in [2.24, 2.45) is 0 Å². The van der Waals surface area contributed by atoms with Crippen molar-refractivity contribution >= 4 is 39.1 Å². The zero-order valence-corrected chi connectivity index (χ0v) is 27.2. The lowest BCUT2D eigenvalue weighted by atomic mass is 10.0. The van der Waals surface area contributed by atoms with Gasteiger partial charge >= 0.3 is 0 Å². The van der Waals surface area contributed by atoms with Crippen LogP contribution >= 0.6 is 11.6 Å². The van der Waals surface area contributed by atoms with Gasteiger partial charge in [0, 0.05) is 24.0 Å². The summed E-state index contributed by atoms with van der Waals surface area (Å²) in [6, 6.07) is 29.9. The molecule has 0 unspecified atom stereocenters. The first-order valence-corrected chi connectivity index (χ1v) is 16.6. The van der Waals surface area contributed by atoms with Crippen molar-refractivity contribution in [3.05, 3.63) is 125 Å². The molecule has 0 fully saturated rings. The van der Waals surface area contributed by atoms with Crippen molar-refractivity contribution < 1.29 is 22.7 Å². The smallest absolute Gasteiger partial charge is 0.264 e. The predicted octanol–water partition coefficient (Wildman–Crippen LogP) is 6.10. The van der Waals surface area contributed by atoms with Crippen LogP contribution in [0, 0.1) is 0 Å². The SMILES string of the molecule is CCOc1ccc(S(=O)(=O)N(CC(=O)N(Cc2ccc(Cl)cc2)[C@@H](Cc2ccccc2)C(=O)NC(C)C)c2ccccc2)cc1. The molecule has 45 heavy (non-hydrogen) atoms. The fraction of sp³-hybridized carbons (Fsp3) is 0.257. The standard InChI is InChI=1S/C35H38ClN3O5S/c1-4-44-31-19-21-32(22-20-31)45(42,43)39(30-13-9-6-10-14-30)25-34(40)38(24-28-15-17-29(36)18-16-28)33(35(41)37-26(2)3)23-27-11-7-5-8-12-27/h5-22,26,33H,4,23-25H2,1-3H3,(H,37,41)/t33-/m0/s1. The quantitative estimate of drug-likeness (QED) is 0.179. The lowest BCUT2D eigenvalue weighted by molar-refractivity contribution is -0.140. The van der Waals surface area contributed by atoms with Crippen molar-refractivity contribution in [2.75, 3.05) is 17.5 Å². The molecule has 0 saturated carbocycles. The maximum atomic E-state index is 14.4. The molecule has 4 aromatic carbocycles. The van der Waals surface area contributed by atoms with Gasteiger partial charge in [0.1, 0.15) is 18.3 Å². The van der Waals surface area contributed by atoms with E-state index in [9.17, 15) is 18.0 Å². The summed E-state index contributed by atoms with van der Waals surface area (Å²) in [5, 5.41) is 3.49. The van der Waals surface area contributed by atoms with Crippen LogP contribution in [0.3, 0.4) is 0 Å². The molecule has 4 aromatic rings. The lowest BCUT2D eigenvalue weighted by Crippen LogP contribution is -2.54. The second kappa shape index (κ2) is 15.6. The van der Waals surface area contributed by atoms with E-state index in [1.807, 2.05) is 51.1 Å². The monoisotopic (exact) mass is 647 g/mol. The molecule has 8 nitrogen and oxygen atoms in total. The summed E-state index contributed by atoms with van der Waals surface area (Å²) >= 11 is 6.13. The Bertz CT molecular complexity index is 1650. The Kier molecular flexibility index (Phi) is 11.6. The van der Waals surface area contributed by atoms with Gasteiger partial charge in [0.25, 0.3) is 10.0 Å². The predicted molar refractivity (Wildman–Crippen MR) is 178 cm³/mol. The van der Waals surface area contributed by atoms with Gasteiger partial charge in [-0.05, 0) is 80.4 Å². The number of sulfonamides is 1. The minimum Gasteiger partial charge on any atom is -0.494 e. The molecule has 0 radical (unpaired) electrons. The third-order valence-electron chi connectivity index (χ3n) is 7.01. The number of anilines is 1. The second-order valence-electron chi connectivity index (χ2n) is 10.8. The van der Waals surface area contributed by atoms with Crippen LogP contribution in [0.25, 0.3) is 0 Å². The van der Waals surface area contributed by atoms with E-state index in [-0.39, 0.29) is 29.8 Å². The highest BCUT2D eigenvalue weighted by atomic mass is 35.5. The Morgan fingerprint density at radius 2 is 1.42 bits per heavy atom. The highest BCUT2D eigenvalue weighted by molar-refractivity contribution is 7.92. The third-order valence-corrected chi connectivity index (χ3v) is 9.05. The van der Waals surface area contributed by atoms with Crippen LogP contribution in [0.15, 0.2) is 114 Å². The summed E-state index contributed by atoms with van der Waals surface area (Å²) in [5.41, 5.74) is 1.92. The molecule has 0 spiro atoms. The molecular weight excluding hydrogens is 610 g/mol. The first-order valence-electron chi connectivity index (χ1n) is 14.8. The van der Waals surface area contributed by atoms with Gasteiger partial charge in [-0.15, -0.1) is 0 Å². The lowest BCUT2D eigenvalue weighted by Gasteiger charge is -2.34. The first kappa shape index (κ1) is 33.6. The van der Waals surface area contributed by atoms with Crippen molar-refractivity contribution in [3.8, 4) is 5.75 Å². The second-order valence-corrected chi connectivity index (χ2v) is 13.1. The van der Waals surface area contributed by atoms with E-state index in [0.717, 1.165) is 15.4 Å². The number of nitrogens with one attached hydrogen (secondary N) is 1. The molecule has 1 atom stereocenters. The number of rotatable bonds is 14. The molecule has 2 amide bonds. The summed E-state index contributed by atoms with van der Waals surface area (Å²) in [5.74, 6) is -0.340. The highest BCUT2D eigenvalue weighted by Crippen LogP contribution is 2.26. The number of ether oxygens (including phenoxy) is 1. The maximum absolute atomic E-state index is 14.4. The molecule has 4 rings (SSSR count). The van der Waals surface area contributed by atoms with Crippen LogP contribution in [0.4, 0.5) is 5.69 Å². The Morgan fingerprint density at radius 3 is 2.00 bits per heavy atom. The summed E-state index contributed by atoms with van der Waals surface area (Å²) in [7, 11) is -4.20. The number of hydrogen-bond donors (Lipinski definition) is 1. The summed E-state index contributed by atoms with van der Waals surface area (Å²) < 4.78 is 34.8. The minimum atomic E-state index is -4.20. The number of carbonyl (C=O) groups is 2. The van der Waals surface area contributed by atoms with E-state index in [0.29, 0.717) is 23.1 Å². The Hall–Kier alpha value is -4.34. The first-order chi connectivity index (χ1) is 21.6. The van der Waals surface area contributed by atoms with Gasteiger partial charge in [0.15, 0.2) is 0 Å². The zero-order chi connectivity index (χ0) is 32.4. The minimum absolute atomic E-state index is 0.00486. The van der Waals surface area contributed by atoms with Crippen LogP contribution in [0.5, 0.6) is 5.75 Å². The van der Waals surface area contributed by atoms with E-state index >= 15 is 0 Å². The van der Waals surface area contributed by atoms with Gasteiger partial charge in [0.05, 0.1) is 17.2 Å². The summed E-state index contributed by atoms with van der Waals surface area (Å²) in [6.45, 7) is 5.51. The Morgan fingerprint density at radius 1 is 0.822 bits per heavy atom. The molecule has 0 aromatic heterocycles. The largest absolute Gasteiger partial charge is 0.494 e. The number of halogens is 1. The zero-order valence-electron chi connectivity index (χ0n) is 25.6. The fourth-order valence-corrected chi connectivity index (χ4v) is 6.39. The average molecular weight is 648 g/mol. The fourth-order valence-electron chi connectivity index (χ4n) is 4.85. The maximum Gasteiger partial charge on any atom is 0.264 e. The number of nitrogens with zero attached hydrogens (tertiary/aromatic N) is 2. The number of carbonyl (C=O) groups excluding carboxylic acids is 2. The molecular formula is C35H38ClN3O5S. The number of hydrogen-bond acceptors (Lipinski definition) is 5. The normalized spacial score (nSPS) is 11.9. The molecule has 0 bridgehead atoms. The topological polar surface area (TPSA) is 96.0 Å². The van der Waals surface area contributed by atoms with Gasteiger partial charge in [-0.1, -0.05) is 72.3 Å². The molecule has 10 heteroatoms. The van der Waals surface area contributed by atoms with E-state index in [2.05, 4.69) is 5.32 Å². The van der Waals surface area contributed by atoms with Crippen LogP contribution < -0.4 is 14.4 Å². The third kappa shape index (κ3) is 9.09. The van der Waals surface area contributed by atoms with Gasteiger partial charge in [-0.2, -0.15) is 0 Å². The Labute approximate surface area is 270 Å². The van der Waals surface area contributed by atoms with Gasteiger partial charge in [-0.3, -0.25) is 13.9 Å². The van der Waals surface area contributed by atoms with E-state index in [4.69, 9.17) is 16.3 Å². The van der Waals surface area contributed by atoms with E-state index in [1.165, 1.54) is 17.0 Å². The molecule has 1 N–H and O–H groups in total. The summed E-state index contributed by atoms with van der Waals surface area (Å²) in [6.07, 6.45) is 0.232. The van der Waals surface area contributed by atoms with Crippen LogP contribution in [-0.4, -0.2) is 50.4 Å². The van der Waals surface area contributed by atoms with Gasteiger partial charge < -0.3 is 15.0 Å². The number of para-hydroxylation sites is 1. The van der Waals surface area contributed by atoms with Crippen LogP contribution in [0.1, 0.15) is 31.9 Å². The molecule has 0 saturated heterocycles. The number of benzene rings is 4. The average Bonchev–Trinajstić information content (AvgIpc) is 3.03. The van der Waals surface area contributed by atoms with Gasteiger partial charge in [-0.25, -0.2) is 8.42 Å². The van der Waals surface area contributed by atoms with Crippen molar-refractivity contribution in [2.45, 2.75) is 50.7 Å². The molecule has 0 aliphatic heterocycles. The van der Waals surface area contributed by atoms with E-state index in [1.54, 1.807) is 66.7 Å². The Balaban J connectivity index is 1.77. The highest BCUT2D eigenvalue weighted by Gasteiger charge is 2.34. The van der Waals surface area contributed by atoms with Crippen molar-refractivity contribution in [1.82, 2.24) is 10.2 Å². The molecule has 0 aliphatic rings. The van der Waals surface area contributed by atoms with Gasteiger partial charge in [0.2, 0.25) is 11.8 Å². The number of amides is 2. The summed E-state index contributed by atoms with van der Waals surface area (Å²) in [4.78, 5) is 29.6. The molecule has 0 aliphatic carbocycles. The van der Waals surface area contributed by atoms with Crippen LogP contribution in [-0.2, 0) is 32.6 Å². The van der Waals surface area contributed by atoms with Crippen LogP contribution in [0.2, 0.25) is 5.02 Å². The van der Waals surface area contributed by atoms with E-state index < -0.39 is 28.5 Å². The van der Waals surface area contributed by atoms with Crippen molar-refractivity contribution in [1.29, 1.82) is 0 Å². The van der Waals surface area contributed by atoms with Crippen molar-refractivity contribution in [3.63, 3.8) is 0 Å².